The number of hydrogen-bond donors (Lipinski definition) is 3. The van der Waals surface area contributed by atoms with Crippen molar-refractivity contribution in [1.29, 1.82) is 0 Å². The van der Waals surface area contributed by atoms with Crippen LogP contribution in [0.25, 0.3) is 0 Å². The topological polar surface area (TPSA) is 108 Å². The van der Waals surface area contributed by atoms with Gasteiger partial charge in [-0.05, 0) is 63.7 Å². The molecule has 0 aromatic rings. The highest BCUT2D eigenvalue weighted by atomic mass is 16.5. The van der Waals surface area contributed by atoms with Crippen molar-refractivity contribution >= 4 is 17.7 Å². The Morgan fingerprint density at radius 1 is 1.19 bits per heavy atom. The van der Waals surface area contributed by atoms with Crippen molar-refractivity contribution in [3.05, 3.63) is 0 Å². The van der Waals surface area contributed by atoms with Crippen molar-refractivity contribution in [2.75, 3.05) is 13.2 Å². The number of fused-ring (bicyclic) bond motifs is 1. The van der Waals surface area contributed by atoms with E-state index in [0.717, 1.165) is 12.8 Å². The number of hydrogen-bond acceptors (Lipinski definition) is 5. The van der Waals surface area contributed by atoms with E-state index in [2.05, 4.69) is 31.4 Å². The maximum absolute atomic E-state index is 14.3. The zero-order valence-corrected chi connectivity index (χ0v) is 24.7. The predicted molar refractivity (Wildman–Crippen MR) is 144 cm³/mol. The average Bonchev–Trinajstić information content (AvgIpc) is 3.24. The van der Waals surface area contributed by atoms with Gasteiger partial charge in [-0.15, -0.1) is 0 Å². The fourth-order valence-electron chi connectivity index (χ4n) is 7.72. The number of carbonyl (C=O) groups is 3. The molecule has 3 unspecified atom stereocenters. The number of amides is 3. The Bertz CT molecular complexity index is 896. The standard InChI is InChI=1S/C29H51N3O5/c1-11-12-30-23(34)20-21-25(36)32(19(15-33)13-17(2)3)22(29(21)14-18(4)28(20,10)37-29)24(35)31-27(8,9)16-26(5,6)7/h17-22,33H,11-16H2,1-10H3,(H,30,34)(H,31,35)/t18?,19-,20+,21+,22?,28-,29?/m1/s1. The van der Waals surface area contributed by atoms with E-state index in [9.17, 15) is 19.5 Å². The number of carbonyl (C=O) groups excluding carboxylic acids is 3. The van der Waals surface area contributed by atoms with Crippen LogP contribution in [0.1, 0.15) is 94.9 Å². The second-order valence-corrected chi connectivity index (χ2v) is 14.3. The molecule has 3 N–H and O–H groups in total. The second-order valence-electron chi connectivity index (χ2n) is 14.3. The molecule has 7 atom stereocenters. The molecule has 0 aromatic heterocycles. The van der Waals surface area contributed by atoms with Crippen LogP contribution in [0.4, 0.5) is 0 Å². The zero-order chi connectivity index (χ0) is 28.1. The Morgan fingerprint density at radius 3 is 2.32 bits per heavy atom. The van der Waals surface area contributed by atoms with Crippen LogP contribution in [0.5, 0.6) is 0 Å². The van der Waals surface area contributed by atoms with Crippen LogP contribution in [-0.4, -0.2) is 69.7 Å². The molecule has 3 fully saturated rings. The van der Waals surface area contributed by atoms with E-state index in [-0.39, 0.29) is 41.6 Å². The molecule has 0 radical (unpaired) electrons. The number of rotatable bonds is 10. The van der Waals surface area contributed by atoms with Crippen molar-refractivity contribution in [3.8, 4) is 0 Å². The molecule has 0 aliphatic carbocycles. The van der Waals surface area contributed by atoms with E-state index in [1.54, 1.807) is 4.90 Å². The largest absolute Gasteiger partial charge is 0.394 e. The molecule has 37 heavy (non-hydrogen) atoms. The first kappa shape index (κ1) is 29.9. The smallest absolute Gasteiger partial charge is 0.246 e. The van der Waals surface area contributed by atoms with Crippen LogP contribution >= 0.6 is 0 Å². The summed E-state index contributed by atoms with van der Waals surface area (Å²) < 4.78 is 6.78. The summed E-state index contributed by atoms with van der Waals surface area (Å²) in [5.41, 5.74) is -2.47. The van der Waals surface area contributed by atoms with Gasteiger partial charge in [-0.3, -0.25) is 14.4 Å². The number of ether oxygens (including phenoxy) is 1. The van der Waals surface area contributed by atoms with Crippen LogP contribution in [-0.2, 0) is 19.1 Å². The number of aliphatic hydroxyl groups is 1. The van der Waals surface area contributed by atoms with Crippen LogP contribution in [0.2, 0.25) is 0 Å². The summed E-state index contributed by atoms with van der Waals surface area (Å²) in [6.07, 6.45) is 2.61. The number of aliphatic hydroxyl groups excluding tert-OH is 1. The van der Waals surface area contributed by atoms with E-state index in [0.29, 0.717) is 19.4 Å². The predicted octanol–water partition coefficient (Wildman–Crippen LogP) is 3.26. The fraction of sp³-hybridized carbons (Fsp3) is 0.897. The van der Waals surface area contributed by atoms with Crippen molar-refractivity contribution in [2.24, 2.45) is 29.1 Å². The van der Waals surface area contributed by atoms with E-state index < -0.39 is 40.7 Å². The molecule has 0 aromatic carbocycles. The summed E-state index contributed by atoms with van der Waals surface area (Å²) in [5.74, 6) is -1.94. The van der Waals surface area contributed by atoms with Crippen LogP contribution in [0, 0.1) is 29.1 Å². The fourth-order valence-corrected chi connectivity index (χ4v) is 7.72. The van der Waals surface area contributed by atoms with Gasteiger partial charge in [0.05, 0.1) is 30.1 Å². The SMILES string of the molecule is CCCNC(=O)[C@@H]1[C@H]2C(=O)N([C@@H](CO)CC(C)C)C(C(=O)NC(C)(C)CC(C)(C)C)C23CC(C)[C@@]1(C)O3. The summed E-state index contributed by atoms with van der Waals surface area (Å²) in [6.45, 7) is 20.7. The first-order valence-electron chi connectivity index (χ1n) is 14.2. The van der Waals surface area contributed by atoms with Gasteiger partial charge in [0.15, 0.2) is 0 Å². The summed E-state index contributed by atoms with van der Waals surface area (Å²) >= 11 is 0. The van der Waals surface area contributed by atoms with Gasteiger partial charge in [-0.1, -0.05) is 48.5 Å². The van der Waals surface area contributed by atoms with E-state index in [1.807, 2.05) is 48.5 Å². The highest BCUT2D eigenvalue weighted by Gasteiger charge is 2.80. The second kappa shape index (κ2) is 10.1. The Kier molecular flexibility index (Phi) is 8.19. The van der Waals surface area contributed by atoms with Gasteiger partial charge in [-0.2, -0.15) is 0 Å². The minimum absolute atomic E-state index is 0.00978. The third kappa shape index (κ3) is 5.29. The Morgan fingerprint density at radius 2 is 1.81 bits per heavy atom. The first-order chi connectivity index (χ1) is 16.9. The minimum Gasteiger partial charge on any atom is -0.394 e. The molecule has 3 aliphatic heterocycles. The molecule has 1 spiro atoms. The molecule has 212 valence electrons. The van der Waals surface area contributed by atoms with Crippen LogP contribution < -0.4 is 10.6 Å². The summed E-state index contributed by atoms with van der Waals surface area (Å²) in [5, 5.41) is 16.6. The number of nitrogens with one attached hydrogen (secondary N) is 2. The van der Waals surface area contributed by atoms with E-state index in [4.69, 9.17) is 4.74 Å². The van der Waals surface area contributed by atoms with Gasteiger partial charge < -0.3 is 25.4 Å². The van der Waals surface area contributed by atoms with E-state index >= 15 is 0 Å². The van der Waals surface area contributed by atoms with Gasteiger partial charge in [0.25, 0.3) is 0 Å². The molecule has 8 heteroatoms. The highest BCUT2D eigenvalue weighted by Crippen LogP contribution is 2.65. The van der Waals surface area contributed by atoms with Crippen molar-refractivity contribution in [3.63, 3.8) is 0 Å². The van der Waals surface area contributed by atoms with Gasteiger partial charge in [0, 0.05) is 12.1 Å². The Balaban J connectivity index is 2.10. The average molecular weight is 522 g/mol. The lowest BCUT2D eigenvalue weighted by Gasteiger charge is -2.40. The van der Waals surface area contributed by atoms with Gasteiger partial charge in [0.1, 0.15) is 11.6 Å². The molecular weight excluding hydrogens is 470 g/mol. The molecule has 2 bridgehead atoms. The molecule has 3 rings (SSSR count). The zero-order valence-electron chi connectivity index (χ0n) is 24.7. The van der Waals surface area contributed by atoms with Gasteiger partial charge in [0.2, 0.25) is 17.7 Å². The number of nitrogens with zero attached hydrogens (tertiary/aromatic N) is 1. The molecule has 3 amide bonds. The number of likely N-dealkylation sites (tertiary alicyclic amines) is 1. The van der Waals surface area contributed by atoms with Crippen molar-refractivity contribution in [2.45, 2.75) is 124 Å². The van der Waals surface area contributed by atoms with Crippen LogP contribution in [0.15, 0.2) is 0 Å². The lowest BCUT2D eigenvalue weighted by atomic mass is 9.62. The summed E-state index contributed by atoms with van der Waals surface area (Å²) in [4.78, 5) is 43.6. The van der Waals surface area contributed by atoms with Crippen LogP contribution in [0.3, 0.4) is 0 Å². The summed E-state index contributed by atoms with van der Waals surface area (Å²) in [6, 6.07) is -1.44. The Hall–Kier alpha value is -1.67. The highest BCUT2D eigenvalue weighted by molar-refractivity contribution is 5.99. The van der Waals surface area contributed by atoms with Gasteiger partial charge in [-0.25, -0.2) is 0 Å². The lowest BCUT2D eigenvalue weighted by Crippen LogP contribution is -2.61. The molecule has 3 heterocycles. The minimum atomic E-state index is -1.11. The quantitative estimate of drug-likeness (QED) is 0.409. The van der Waals surface area contributed by atoms with Gasteiger partial charge >= 0.3 is 0 Å². The molecule has 3 aliphatic rings. The van der Waals surface area contributed by atoms with Crippen molar-refractivity contribution < 1.29 is 24.2 Å². The summed E-state index contributed by atoms with van der Waals surface area (Å²) in [7, 11) is 0. The maximum atomic E-state index is 14.3. The van der Waals surface area contributed by atoms with Crippen molar-refractivity contribution in [1.82, 2.24) is 15.5 Å². The lowest BCUT2D eigenvalue weighted by molar-refractivity contribution is -0.152. The van der Waals surface area contributed by atoms with E-state index in [1.165, 1.54) is 0 Å². The third-order valence-corrected chi connectivity index (χ3v) is 8.61. The molecule has 8 nitrogen and oxygen atoms in total. The maximum Gasteiger partial charge on any atom is 0.246 e. The molecule has 3 saturated heterocycles. The molecular formula is C29H51N3O5. The normalized spacial score (nSPS) is 34.2. The first-order valence-corrected chi connectivity index (χ1v) is 14.2. The Labute approximate surface area is 223 Å². The molecule has 0 saturated carbocycles. The third-order valence-electron chi connectivity index (χ3n) is 8.61. The monoisotopic (exact) mass is 521 g/mol.